The first kappa shape index (κ1) is 18.9. The van der Waals surface area contributed by atoms with Crippen molar-refractivity contribution < 1.29 is 14.3 Å². The molecule has 0 spiro atoms. The van der Waals surface area contributed by atoms with Crippen molar-refractivity contribution >= 4 is 11.8 Å². The van der Waals surface area contributed by atoms with Gasteiger partial charge in [0, 0.05) is 37.0 Å². The number of nitrogens with one attached hydrogen (secondary N) is 1. The molecule has 1 aromatic heterocycles. The van der Waals surface area contributed by atoms with Crippen LogP contribution in [0.5, 0.6) is 5.88 Å². The maximum Gasteiger partial charge on any atom is 0.255 e. The molecular weight excluding hydrogens is 342 g/mol. The van der Waals surface area contributed by atoms with E-state index in [0.29, 0.717) is 30.1 Å². The lowest BCUT2D eigenvalue weighted by atomic mass is 10.0. The van der Waals surface area contributed by atoms with Gasteiger partial charge in [-0.3, -0.25) is 9.59 Å². The van der Waals surface area contributed by atoms with Crippen LogP contribution >= 0.6 is 0 Å². The van der Waals surface area contributed by atoms with Gasteiger partial charge < -0.3 is 15.0 Å². The molecule has 2 heterocycles. The summed E-state index contributed by atoms with van der Waals surface area (Å²) in [5, 5.41) is 3.05. The maximum atomic E-state index is 12.6. The van der Waals surface area contributed by atoms with E-state index in [1.807, 2.05) is 36.9 Å². The fourth-order valence-electron chi connectivity index (χ4n) is 3.09. The zero-order chi connectivity index (χ0) is 19.2. The van der Waals surface area contributed by atoms with Crippen LogP contribution in [0, 0.1) is 0 Å². The molecule has 142 valence electrons. The average molecular weight is 367 g/mol. The van der Waals surface area contributed by atoms with E-state index in [0.717, 1.165) is 12.8 Å². The van der Waals surface area contributed by atoms with E-state index >= 15 is 0 Å². The standard InChI is InChI=1S/C21H25N3O3/c1-15(2)27-19-9-8-17(14-22-19)21(26)24-12-10-18(11-13-24)23-20(25)16-6-4-3-5-7-16/h3-9,14-15,18H,10-13H2,1-2H3,(H,23,25). The average Bonchev–Trinajstić information content (AvgIpc) is 2.69. The number of ether oxygens (including phenoxy) is 1. The summed E-state index contributed by atoms with van der Waals surface area (Å²) in [5.41, 5.74) is 1.21. The van der Waals surface area contributed by atoms with Gasteiger partial charge in [0.25, 0.3) is 11.8 Å². The molecule has 0 unspecified atom stereocenters. The van der Waals surface area contributed by atoms with Gasteiger partial charge in [-0.1, -0.05) is 18.2 Å². The van der Waals surface area contributed by atoms with Crippen molar-refractivity contribution in [2.45, 2.75) is 38.8 Å². The molecule has 2 aromatic rings. The molecule has 0 bridgehead atoms. The Labute approximate surface area is 159 Å². The summed E-state index contributed by atoms with van der Waals surface area (Å²) >= 11 is 0. The maximum absolute atomic E-state index is 12.6. The van der Waals surface area contributed by atoms with Gasteiger partial charge in [-0.2, -0.15) is 0 Å². The SMILES string of the molecule is CC(C)Oc1ccc(C(=O)N2CCC(NC(=O)c3ccccc3)CC2)cn1. The molecule has 1 fully saturated rings. The van der Waals surface area contributed by atoms with Gasteiger partial charge in [-0.15, -0.1) is 0 Å². The van der Waals surface area contributed by atoms with E-state index < -0.39 is 0 Å². The Morgan fingerprint density at radius 1 is 1.07 bits per heavy atom. The van der Waals surface area contributed by atoms with Crippen molar-refractivity contribution in [1.82, 2.24) is 15.2 Å². The van der Waals surface area contributed by atoms with Gasteiger partial charge >= 0.3 is 0 Å². The second-order valence-corrected chi connectivity index (χ2v) is 6.96. The highest BCUT2D eigenvalue weighted by Gasteiger charge is 2.25. The van der Waals surface area contributed by atoms with Crippen LogP contribution in [0.25, 0.3) is 0 Å². The monoisotopic (exact) mass is 367 g/mol. The van der Waals surface area contributed by atoms with E-state index in [2.05, 4.69) is 10.3 Å². The van der Waals surface area contributed by atoms with Crippen LogP contribution in [0.1, 0.15) is 47.4 Å². The van der Waals surface area contributed by atoms with E-state index in [1.165, 1.54) is 0 Å². The second-order valence-electron chi connectivity index (χ2n) is 6.96. The molecule has 1 N–H and O–H groups in total. The Morgan fingerprint density at radius 2 is 1.78 bits per heavy atom. The molecule has 3 rings (SSSR count). The molecule has 0 atom stereocenters. The Morgan fingerprint density at radius 3 is 2.37 bits per heavy atom. The van der Waals surface area contributed by atoms with Gasteiger partial charge in [-0.25, -0.2) is 4.98 Å². The molecule has 0 aliphatic carbocycles. The molecule has 6 nitrogen and oxygen atoms in total. The molecule has 27 heavy (non-hydrogen) atoms. The Kier molecular flexibility index (Phi) is 6.06. The first-order valence-corrected chi connectivity index (χ1v) is 9.31. The quantitative estimate of drug-likeness (QED) is 0.882. The number of benzene rings is 1. The Bertz CT molecular complexity index is 767. The molecule has 2 amide bonds. The third kappa shape index (κ3) is 5.06. The van der Waals surface area contributed by atoms with Crippen molar-refractivity contribution in [3.05, 3.63) is 59.8 Å². The summed E-state index contributed by atoms with van der Waals surface area (Å²) in [5.74, 6) is 0.417. The smallest absolute Gasteiger partial charge is 0.255 e. The largest absolute Gasteiger partial charge is 0.475 e. The van der Waals surface area contributed by atoms with Crippen LogP contribution in [-0.2, 0) is 0 Å². The molecule has 0 radical (unpaired) electrons. The summed E-state index contributed by atoms with van der Waals surface area (Å²) in [6, 6.07) is 12.7. The van der Waals surface area contributed by atoms with Crippen LogP contribution in [-0.4, -0.2) is 46.9 Å². The van der Waals surface area contributed by atoms with E-state index in [4.69, 9.17) is 4.74 Å². The van der Waals surface area contributed by atoms with Gasteiger partial charge in [0.1, 0.15) is 0 Å². The van der Waals surface area contributed by atoms with E-state index in [-0.39, 0.29) is 24.0 Å². The Balaban J connectivity index is 1.51. The molecule has 6 heteroatoms. The number of hydrogen-bond donors (Lipinski definition) is 1. The number of aromatic nitrogens is 1. The predicted octanol–water partition coefficient (Wildman–Crippen LogP) is 2.90. The normalized spacial score (nSPS) is 14.9. The summed E-state index contributed by atoms with van der Waals surface area (Å²) < 4.78 is 5.51. The summed E-state index contributed by atoms with van der Waals surface area (Å²) in [4.78, 5) is 30.9. The van der Waals surface area contributed by atoms with Gasteiger partial charge in [0.2, 0.25) is 5.88 Å². The van der Waals surface area contributed by atoms with Crippen molar-refractivity contribution in [2.75, 3.05) is 13.1 Å². The minimum Gasteiger partial charge on any atom is -0.475 e. The molecule has 1 aromatic carbocycles. The minimum absolute atomic E-state index is 0.0357. The Hall–Kier alpha value is -2.89. The minimum atomic E-state index is -0.0645. The first-order chi connectivity index (χ1) is 13.0. The number of rotatable bonds is 5. The van der Waals surface area contributed by atoms with Gasteiger partial charge in [0.15, 0.2) is 0 Å². The number of likely N-dealkylation sites (tertiary alicyclic amines) is 1. The molecule has 0 saturated carbocycles. The third-order valence-corrected chi connectivity index (χ3v) is 4.49. The highest BCUT2D eigenvalue weighted by Crippen LogP contribution is 2.16. The van der Waals surface area contributed by atoms with Crippen molar-refractivity contribution in [2.24, 2.45) is 0 Å². The summed E-state index contributed by atoms with van der Waals surface area (Å²) in [7, 11) is 0. The third-order valence-electron chi connectivity index (χ3n) is 4.49. The topological polar surface area (TPSA) is 71.5 Å². The van der Waals surface area contributed by atoms with Gasteiger partial charge in [0.05, 0.1) is 11.7 Å². The highest BCUT2D eigenvalue weighted by atomic mass is 16.5. The zero-order valence-corrected chi connectivity index (χ0v) is 15.7. The molecule has 1 aliphatic heterocycles. The van der Waals surface area contributed by atoms with E-state index in [9.17, 15) is 9.59 Å². The number of nitrogens with zero attached hydrogens (tertiary/aromatic N) is 2. The number of carbonyl (C=O) groups is 2. The molecule has 1 saturated heterocycles. The number of pyridine rings is 1. The number of amides is 2. The second kappa shape index (κ2) is 8.66. The highest BCUT2D eigenvalue weighted by molar-refractivity contribution is 5.95. The molecule has 1 aliphatic rings. The molecular formula is C21H25N3O3. The number of piperidine rings is 1. The van der Waals surface area contributed by atoms with Gasteiger partial charge in [-0.05, 0) is 44.9 Å². The predicted molar refractivity (Wildman–Crippen MR) is 103 cm³/mol. The van der Waals surface area contributed by atoms with Crippen LogP contribution in [0.2, 0.25) is 0 Å². The van der Waals surface area contributed by atoms with E-state index in [1.54, 1.807) is 30.5 Å². The van der Waals surface area contributed by atoms with Crippen LogP contribution in [0.4, 0.5) is 0 Å². The lowest BCUT2D eigenvalue weighted by Gasteiger charge is -2.32. The van der Waals surface area contributed by atoms with Crippen LogP contribution in [0.15, 0.2) is 48.7 Å². The zero-order valence-electron chi connectivity index (χ0n) is 15.7. The lowest BCUT2D eigenvalue weighted by molar-refractivity contribution is 0.0697. The van der Waals surface area contributed by atoms with Crippen molar-refractivity contribution in [1.29, 1.82) is 0 Å². The summed E-state index contributed by atoms with van der Waals surface area (Å²) in [6.07, 6.45) is 3.09. The number of hydrogen-bond acceptors (Lipinski definition) is 4. The van der Waals surface area contributed by atoms with Crippen molar-refractivity contribution in [3.63, 3.8) is 0 Å². The fraction of sp³-hybridized carbons (Fsp3) is 0.381. The fourth-order valence-corrected chi connectivity index (χ4v) is 3.09. The van der Waals surface area contributed by atoms with Crippen LogP contribution < -0.4 is 10.1 Å². The van der Waals surface area contributed by atoms with Crippen molar-refractivity contribution in [3.8, 4) is 5.88 Å². The number of carbonyl (C=O) groups excluding carboxylic acids is 2. The lowest BCUT2D eigenvalue weighted by Crippen LogP contribution is -2.46. The summed E-state index contributed by atoms with van der Waals surface area (Å²) in [6.45, 7) is 5.09. The van der Waals surface area contributed by atoms with Crippen LogP contribution in [0.3, 0.4) is 0 Å². The first-order valence-electron chi connectivity index (χ1n) is 9.31.